The normalized spacial score (nSPS) is 11.5. The minimum atomic E-state index is -0.548. The fourth-order valence-electron chi connectivity index (χ4n) is 1.29. The number of nitriles is 1. The van der Waals surface area contributed by atoms with E-state index in [1.54, 1.807) is 12.1 Å². The van der Waals surface area contributed by atoms with Gasteiger partial charge >= 0.3 is 0 Å². The number of nitrogens with zero attached hydrogens (tertiary/aromatic N) is 1. The first-order chi connectivity index (χ1) is 7.74. The van der Waals surface area contributed by atoms with Gasteiger partial charge in [-0.1, -0.05) is 18.2 Å². The van der Waals surface area contributed by atoms with Crippen molar-refractivity contribution in [3.05, 3.63) is 30.3 Å². The second-order valence-electron chi connectivity index (χ2n) is 3.51. The van der Waals surface area contributed by atoms with Gasteiger partial charge in [0.25, 0.3) is 0 Å². The van der Waals surface area contributed by atoms with Gasteiger partial charge < -0.3 is 11.1 Å². The summed E-state index contributed by atoms with van der Waals surface area (Å²) in [6.45, 7) is 0. The number of nitrogens with two attached hydrogens (primary N) is 1. The molecule has 1 rings (SSSR count). The summed E-state index contributed by atoms with van der Waals surface area (Å²) < 4.78 is 0. The van der Waals surface area contributed by atoms with Crippen LogP contribution in [0.15, 0.2) is 30.3 Å². The Bertz CT molecular complexity index is 370. The van der Waals surface area contributed by atoms with Crippen LogP contribution in [0.2, 0.25) is 0 Å². The van der Waals surface area contributed by atoms with E-state index in [9.17, 15) is 4.79 Å². The molecule has 84 valence electrons. The average Bonchev–Trinajstić information content (AvgIpc) is 2.30. The van der Waals surface area contributed by atoms with Crippen LogP contribution in [0.3, 0.4) is 0 Å². The lowest BCUT2D eigenvalue weighted by Gasteiger charge is -2.11. The van der Waals surface area contributed by atoms with Gasteiger partial charge in [0.15, 0.2) is 0 Å². The number of nitrogens with one attached hydrogen (secondary N) is 1. The molecule has 0 radical (unpaired) electrons. The van der Waals surface area contributed by atoms with Gasteiger partial charge in [-0.05, 0) is 25.0 Å². The molecule has 0 aliphatic heterocycles. The van der Waals surface area contributed by atoms with Crippen LogP contribution in [0.4, 0.5) is 5.69 Å². The molecule has 4 heteroatoms. The van der Waals surface area contributed by atoms with Crippen LogP contribution in [-0.4, -0.2) is 11.9 Å². The molecule has 0 fully saturated rings. The Morgan fingerprint density at radius 1 is 1.44 bits per heavy atom. The Morgan fingerprint density at radius 2 is 2.12 bits per heavy atom. The first-order valence-electron chi connectivity index (χ1n) is 5.22. The van der Waals surface area contributed by atoms with Gasteiger partial charge in [0.1, 0.15) is 0 Å². The SMILES string of the molecule is N#CCCCC(N)C(=O)Nc1ccccc1. The van der Waals surface area contributed by atoms with Crippen LogP contribution in [-0.2, 0) is 4.79 Å². The molecule has 0 saturated carbocycles. The predicted molar refractivity (Wildman–Crippen MR) is 62.5 cm³/mol. The van der Waals surface area contributed by atoms with Crippen LogP contribution in [0, 0.1) is 11.3 Å². The van der Waals surface area contributed by atoms with Gasteiger partial charge in [-0.15, -0.1) is 0 Å². The fourth-order valence-corrected chi connectivity index (χ4v) is 1.29. The quantitative estimate of drug-likeness (QED) is 0.736. The lowest BCUT2D eigenvalue weighted by molar-refractivity contribution is -0.117. The summed E-state index contributed by atoms with van der Waals surface area (Å²) in [6, 6.07) is 10.7. The van der Waals surface area contributed by atoms with Crippen molar-refractivity contribution in [3.8, 4) is 6.07 Å². The van der Waals surface area contributed by atoms with Crippen molar-refractivity contribution in [2.24, 2.45) is 5.73 Å². The zero-order valence-corrected chi connectivity index (χ0v) is 9.02. The molecular formula is C12H15N3O. The molecule has 1 amide bonds. The van der Waals surface area contributed by atoms with Gasteiger partial charge in [0, 0.05) is 12.1 Å². The third-order valence-corrected chi connectivity index (χ3v) is 2.18. The summed E-state index contributed by atoms with van der Waals surface area (Å²) in [5, 5.41) is 11.1. The lowest BCUT2D eigenvalue weighted by atomic mass is 10.1. The van der Waals surface area contributed by atoms with Gasteiger partial charge in [0.2, 0.25) is 5.91 Å². The maximum atomic E-state index is 11.6. The highest BCUT2D eigenvalue weighted by molar-refractivity contribution is 5.94. The highest BCUT2D eigenvalue weighted by Crippen LogP contribution is 2.06. The van der Waals surface area contributed by atoms with Gasteiger partial charge in [-0.2, -0.15) is 5.26 Å². The van der Waals surface area contributed by atoms with Crippen molar-refractivity contribution in [1.82, 2.24) is 0 Å². The number of rotatable bonds is 5. The van der Waals surface area contributed by atoms with Crippen molar-refractivity contribution < 1.29 is 4.79 Å². The molecule has 1 aromatic rings. The van der Waals surface area contributed by atoms with Crippen LogP contribution >= 0.6 is 0 Å². The van der Waals surface area contributed by atoms with Crippen molar-refractivity contribution in [3.63, 3.8) is 0 Å². The van der Waals surface area contributed by atoms with E-state index in [0.29, 0.717) is 19.3 Å². The number of anilines is 1. The maximum Gasteiger partial charge on any atom is 0.241 e. The third kappa shape index (κ3) is 4.11. The molecule has 0 aliphatic rings. The third-order valence-electron chi connectivity index (χ3n) is 2.18. The zero-order valence-electron chi connectivity index (χ0n) is 9.02. The molecule has 0 aromatic heterocycles. The molecule has 3 N–H and O–H groups in total. The number of hydrogen-bond donors (Lipinski definition) is 2. The zero-order chi connectivity index (χ0) is 11.8. The smallest absolute Gasteiger partial charge is 0.241 e. The van der Waals surface area contributed by atoms with E-state index in [2.05, 4.69) is 5.32 Å². The van der Waals surface area contributed by atoms with Crippen molar-refractivity contribution >= 4 is 11.6 Å². The standard InChI is InChI=1S/C12H15N3O/c13-9-5-4-8-11(14)12(16)15-10-6-2-1-3-7-10/h1-3,6-7,11H,4-5,8,14H2,(H,15,16). The Balaban J connectivity index is 2.38. The van der Waals surface area contributed by atoms with Crippen molar-refractivity contribution in [2.45, 2.75) is 25.3 Å². The Labute approximate surface area is 95.1 Å². The second kappa shape index (κ2) is 6.59. The van der Waals surface area contributed by atoms with Gasteiger partial charge in [0.05, 0.1) is 12.1 Å². The predicted octanol–water partition coefficient (Wildman–Crippen LogP) is 1.65. The van der Waals surface area contributed by atoms with E-state index < -0.39 is 6.04 Å². The number of hydrogen-bond acceptors (Lipinski definition) is 3. The minimum Gasteiger partial charge on any atom is -0.325 e. The van der Waals surface area contributed by atoms with Crippen molar-refractivity contribution in [2.75, 3.05) is 5.32 Å². The largest absolute Gasteiger partial charge is 0.325 e. The second-order valence-corrected chi connectivity index (χ2v) is 3.51. The van der Waals surface area contributed by atoms with Crippen LogP contribution in [0.1, 0.15) is 19.3 Å². The van der Waals surface area contributed by atoms with E-state index in [0.717, 1.165) is 5.69 Å². The molecular weight excluding hydrogens is 202 g/mol. The number of unbranched alkanes of at least 4 members (excludes halogenated alkanes) is 1. The highest BCUT2D eigenvalue weighted by atomic mass is 16.2. The summed E-state index contributed by atoms with van der Waals surface area (Å²) in [4.78, 5) is 11.6. The highest BCUT2D eigenvalue weighted by Gasteiger charge is 2.12. The summed E-state index contributed by atoms with van der Waals surface area (Å²) in [5.74, 6) is -0.205. The van der Waals surface area contributed by atoms with Gasteiger partial charge in [-0.3, -0.25) is 4.79 Å². The molecule has 16 heavy (non-hydrogen) atoms. The number of para-hydroxylation sites is 1. The number of carbonyl (C=O) groups is 1. The van der Waals surface area contributed by atoms with Crippen molar-refractivity contribution in [1.29, 1.82) is 5.26 Å². The van der Waals surface area contributed by atoms with E-state index in [-0.39, 0.29) is 5.91 Å². The molecule has 1 unspecified atom stereocenters. The Hall–Kier alpha value is -1.86. The average molecular weight is 217 g/mol. The van der Waals surface area contributed by atoms with Crippen LogP contribution < -0.4 is 11.1 Å². The minimum absolute atomic E-state index is 0.205. The van der Waals surface area contributed by atoms with E-state index >= 15 is 0 Å². The molecule has 0 bridgehead atoms. The Morgan fingerprint density at radius 3 is 2.75 bits per heavy atom. The Kier molecular flexibility index (Phi) is 5.03. The van der Waals surface area contributed by atoms with Crippen LogP contribution in [0.25, 0.3) is 0 Å². The summed E-state index contributed by atoms with van der Waals surface area (Å²) in [6.07, 6.45) is 1.62. The summed E-state index contributed by atoms with van der Waals surface area (Å²) >= 11 is 0. The molecule has 0 aliphatic carbocycles. The molecule has 0 spiro atoms. The molecule has 0 heterocycles. The summed E-state index contributed by atoms with van der Waals surface area (Å²) in [7, 11) is 0. The van der Waals surface area contributed by atoms with E-state index in [4.69, 9.17) is 11.0 Å². The maximum absolute atomic E-state index is 11.6. The molecule has 0 saturated heterocycles. The lowest BCUT2D eigenvalue weighted by Crippen LogP contribution is -2.35. The number of amides is 1. The first-order valence-corrected chi connectivity index (χ1v) is 5.22. The van der Waals surface area contributed by atoms with Crippen LogP contribution in [0.5, 0.6) is 0 Å². The first kappa shape index (κ1) is 12.2. The molecule has 1 aromatic carbocycles. The number of benzene rings is 1. The van der Waals surface area contributed by atoms with E-state index in [1.165, 1.54) is 0 Å². The van der Waals surface area contributed by atoms with E-state index in [1.807, 2.05) is 24.3 Å². The summed E-state index contributed by atoms with van der Waals surface area (Å²) in [5.41, 5.74) is 6.42. The monoisotopic (exact) mass is 217 g/mol. The fraction of sp³-hybridized carbons (Fsp3) is 0.333. The molecule has 4 nitrogen and oxygen atoms in total. The van der Waals surface area contributed by atoms with Gasteiger partial charge in [-0.25, -0.2) is 0 Å². The number of carbonyl (C=O) groups excluding carboxylic acids is 1. The molecule has 1 atom stereocenters. The topological polar surface area (TPSA) is 78.9 Å².